The fourth-order valence-electron chi connectivity index (χ4n) is 1.56. The van der Waals surface area contributed by atoms with E-state index < -0.39 is 17.8 Å². The molecule has 1 fully saturated rings. The summed E-state index contributed by atoms with van der Waals surface area (Å²) in [6, 6.07) is 4.06. The third-order valence-corrected chi connectivity index (χ3v) is 2.49. The van der Waals surface area contributed by atoms with E-state index in [1.54, 1.807) is 6.07 Å². The standard InChI is InChI=1S/C10H10F3N/c11-9-6(8-4-5-14-8)2-1-3-7(9)10(12)13/h1-3,8,10,14H,4-5H2/t8-/m0/s1. The van der Waals surface area contributed by atoms with Gasteiger partial charge in [0.15, 0.2) is 0 Å². The van der Waals surface area contributed by atoms with Crippen molar-refractivity contribution in [3.8, 4) is 0 Å². The quantitative estimate of drug-likeness (QED) is 0.775. The van der Waals surface area contributed by atoms with Gasteiger partial charge in [-0.2, -0.15) is 0 Å². The summed E-state index contributed by atoms with van der Waals surface area (Å²) in [5, 5.41) is 2.98. The van der Waals surface area contributed by atoms with Gasteiger partial charge in [0.2, 0.25) is 0 Å². The molecule has 2 rings (SSSR count). The van der Waals surface area contributed by atoms with Crippen molar-refractivity contribution in [2.45, 2.75) is 18.9 Å². The molecule has 1 aliphatic heterocycles. The normalized spacial score (nSPS) is 21.0. The lowest BCUT2D eigenvalue weighted by molar-refractivity contribution is 0.145. The summed E-state index contributed by atoms with van der Waals surface area (Å²) in [5.74, 6) is -0.764. The lowest BCUT2D eigenvalue weighted by atomic mass is 9.96. The van der Waals surface area contributed by atoms with Crippen LogP contribution in [0.4, 0.5) is 13.2 Å². The third-order valence-electron chi connectivity index (χ3n) is 2.49. The molecule has 1 aromatic rings. The van der Waals surface area contributed by atoms with Gasteiger partial charge >= 0.3 is 0 Å². The molecule has 76 valence electrons. The topological polar surface area (TPSA) is 12.0 Å². The summed E-state index contributed by atoms with van der Waals surface area (Å²) < 4.78 is 38.1. The van der Waals surface area contributed by atoms with Crippen molar-refractivity contribution in [1.29, 1.82) is 0 Å². The molecule has 1 atom stereocenters. The van der Waals surface area contributed by atoms with E-state index in [2.05, 4.69) is 5.32 Å². The third kappa shape index (κ3) is 1.50. The Morgan fingerprint density at radius 3 is 2.57 bits per heavy atom. The largest absolute Gasteiger partial charge is 0.310 e. The number of nitrogens with one attached hydrogen (secondary N) is 1. The molecule has 1 aliphatic rings. The van der Waals surface area contributed by atoms with Crippen LogP contribution in [0.2, 0.25) is 0 Å². The van der Waals surface area contributed by atoms with E-state index >= 15 is 0 Å². The second-order valence-corrected chi connectivity index (χ2v) is 3.35. The van der Waals surface area contributed by atoms with Gasteiger partial charge in [0, 0.05) is 11.6 Å². The van der Waals surface area contributed by atoms with Crippen LogP contribution in [0.3, 0.4) is 0 Å². The van der Waals surface area contributed by atoms with Crippen LogP contribution in [0.5, 0.6) is 0 Å². The molecule has 1 N–H and O–H groups in total. The SMILES string of the molecule is Fc1c(C(F)F)cccc1[C@@H]1CCN1. The smallest absolute Gasteiger partial charge is 0.266 e. The predicted molar refractivity (Wildman–Crippen MR) is 46.7 cm³/mol. The first-order valence-electron chi connectivity index (χ1n) is 4.50. The summed E-state index contributed by atoms with van der Waals surface area (Å²) in [7, 11) is 0. The van der Waals surface area contributed by atoms with E-state index in [1.807, 2.05) is 0 Å². The molecule has 1 heterocycles. The average molecular weight is 201 g/mol. The number of hydrogen-bond acceptors (Lipinski definition) is 1. The minimum Gasteiger partial charge on any atom is -0.310 e. The Hall–Kier alpha value is -1.03. The number of benzene rings is 1. The Labute approximate surface area is 79.9 Å². The molecule has 0 spiro atoms. The number of halogens is 3. The summed E-state index contributed by atoms with van der Waals surface area (Å²) >= 11 is 0. The Kier molecular flexibility index (Phi) is 2.46. The lowest BCUT2D eigenvalue weighted by Gasteiger charge is -2.28. The molecule has 4 heteroatoms. The van der Waals surface area contributed by atoms with Gasteiger partial charge < -0.3 is 5.32 Å². The molecule has 0 unspecified atom stereocenters. The van der Waals surface area contributed by atoms with Gasteiger partial charge in [-0.25, -0.2) is 13.2 Å². The molecule has 14 heavy (non-hydrogen) atoms. The monoisotopic (exact) mass is 201 g/mol. The van der Waals surface area contributed by atoms with Crippen LogP contribution in [-0.4, -0.2) is 6.54 Å². The van der Waals surface area contributed by atoms with Crippen LogP contribution >= 0.6 is 0 Å². The molecule has 0 aromatic heterocycles. The van der Waals surface area contributed by atoms with E-state index in [0.717, 1.165) is 19.0 Å². The van der Waals surface area contributed by atoms with Crippen LogP contribution in [0, 0.1) is 5.82 Å². The highest BCUT2D eigenvalue weighted by Crippen LogP contribution is 2.30. The van der Waals surface area contributed by atoms with Crippen LogP contribution in [0.25, 0.3) is 0 Å². The van der Waals surface area contributed by atoms with E-state index in [4.69, 9.17) is 0 Å². The molecule has 0 amide bonds. The van der Waals surface area contributed by atoms with Crippen molar-refractivity contribution in [3.63, 3.8) is 0 Å². The van der Waals surface area contributed by atoms with Crippen molar-refractivity contribution in [2.24, 2.45) is 0 Å². The predicted octanol–water partition coefficient (Wildman–Crippen LogP) is 2.80. The molecule has 1 saturated heterocycles. The van der Waals surface area contributed by atoms with Crippen molar-refractivity contribution in [2.75, 3.05) is 6.54 Å². The van der Waals surface area contributed by atoms with E-state index in [9.17, 15) is 13.2 Å². The van der Waals surface area contributed by atoms with Gasteiger partial charge in [-0.3, -0.25) is 0 Å². The summed E-state index contributed by atoms with van der Waals surface area (Å²) in [5.41, 5.74) is -0.148. The maximum Gasteiger partial charge on any atom is 0.266 e. The zero-order chi connectivity index (χ0) is 10.1. The minimum absolute atomic E-state index is 0.0892. The molecule has 0 saturated carbocycles. The Bertz CT molecular complexity index is 334. The Morgan fingerprint density at radius 2 is 2.07 bits per heavy atom. The molecule has 0 aliphatic carbocycles. The van der Waals surface area contributed by atoms with Gasteiger partial charge in [0.25, 0.3) is 6.43 Å². The maximum atomic E-state index is 13.5. The Morgan fingerprint density at radius 1 is 1.36 bits per heavy atom. The van der Waals surface area contributed by atoms with E-state index in [-0.39, 0.29) is 6.04 Å². The highest BCUT2D eigenvalue weighted by molar-refractivity contribution is 5.30. The summed E-state index contributed by atoms with van der Waals surface area (Å²) in [6.45, 7) is 0.822. The molecule has 1 nitrogen and oxygen atoms in total. The molecule has 0 radical (unpaired) electrons. The molecular formula is C10H10F3N. The van der Waals surface area contributed by atoms with Crippen molar-refractivity contribution >= 4 is 0 Å². The fourth-order valence-corrected chi connectivity index (χ4v) is 1.56. The first-order chi connectivity index (χ1) is 6.70. The first-order valence-corrected chi connectivity index (χ1v) is 4.50. The van der Waals surface area contributed by atoms with Crippen molar-refractivity contribution in [1.82, 2.24) is 5.32 Å². The lowest BCUT2D eigenvalue weighted by Crippen LogP contribution is -2.35. The van der Waals surface area contributed by atoms with Crippen LogP contribution in [-0.2, 0) is 0 Å². The first kappa shape index (κ1) is 9.52. The van der Waals surface area contributed by atoms with E-state index in [1.165, 1.54) is 6.07 Å². The number of alkyl halides is 2. The Balaban J connectivity index is 2.35. The molecule has 1 aromatic carbocycles. The second kappa shape index (κ2) is 3.61. The maximum absolute atomic E-state index is 13.5. The van der Waals surface area contributed by atoms with Crippen molar-refractivity contribution < 1.29 is 13.2 Å². The van der Waals surface area contributed by atoms with Crippen LogP contribution in [0.15, 0.2) is 18.2 Å². The second-order valence-electron chi connectivity index (χ2n) is 3.35. The number of hydrogen-bond donors (Lipinski definition) is 1. The van der Waals surface area contributed by atoms with Gasteiger partial charge in [-0.1, -0.05) is 18.2 Å². The average Bonchev–Trinajstić information content (AvgIpc) is 2.04. The van der Waals surface area contributed by atoms with Gasteiger partial charge in [0.05, 0.1) is 5.56 Å². The fraction of sp³-hybridized carbons (Fsp3) is 0.400. The van der Waals surface area contributed by atoms with Crippen LogP contribution in [0.1, 0.15) is 30.0 Å². The van der Waals surface area contributed by atoms with Gasteiger partial charge in [0.1, 0.15) is 5.82 Å². The zero-order valence-corrected chi connectivity index (χ0v) is 7.43. The van der Waals surface area contributed by atoms with Crippen LogP contribution < -0.4 is 5.32 Å². The molecule has 0 bridgehead atoms. The van der Waals surface area contributed by atoms with Gasteiger partial charge in [-0.05, 0) is 13.0 Å². The molecular weight excluding hydrogens is 191 g/mol. The zero-order valence-electron chi connectivity index (χ0n) is 7.43. The van der Waals surface area contributed by atoms with E-state index in [0.29, 0.717) is 5.56 Å². The minimum atomic E-state index is -2.74. The highest BCUT2D eigenvalue weighted by atomic mass is 19.3. The summed E-state index contributed by atoms with van der Waals surface area (Å²) in [6.07, 6.45) is -1.93. The van der Waals surface area contributed by atoms with Crippen molar-refractivity contribution in [3.05, 3.63) is 35.1 Å². The highest BCUT2D eigenvalue weighted by Gasteiger charge is 2.24. The number of rotatable bonds is 2. The van der Waals surface area contributed by atoms with Gasteiger partial charge in [-0.15, -0.1) is 0 Å². The summed E-state index contributed by atoms with van der Waals surface area (Å²) in [4.78, 5) is 0.